The van der Waals surface area contributed by atoms with Crippen LogP contribution in [-0.2, 0) is 11.3 Å². The van der Waals surface area contributed by atoms with Crippen LogP contribution in [0, 0.1) is 0 Å². The zero-order valence-electron chi connectivity index (χ0n) is 19.0. The molecule has 34 heavy (non-hydrogen) atoms. The van der Waals surface area contributed by atoms with Gasteiger partial charge in [0.05, 0.1) is 17.4 Å². The molecule has 4 aromatic carbocycles. The van der Waals surface area contributed by atoms with E-state index in [-0.39, 0.29) is 0 Å². The van der Waals surface area contributed by atoms with Gasteiger partial charge in [-0.2, -0.15) is 0 Å². The first-order chi connectivity index (χ1) is 16.6. The topological polar surface area (TPSA) is 58.6 Å². The third kappa shape index (κ3) is 5.01. The van der Waals surface area contributed by atoms with Crippen LogP contribution in [0.25, 0.3) is 0 Å². The molecule has 4 aromatic rings. The number of carbonyl (C=O) groups is 1. The summed E-state index contributed by atoms with van der Waals surface area (Å²) in [6.07, 6.45) is 0. The second kappa shape index (κ2) is 11.1. The number of carboxylic acids is 1. The summed E-state index contributed by atoms with van der Waals surface area (Å²) in [5.41, 5.74) is 4.58. The first-order valence-corrected chi connectivity index (χ1v) is 12.0. The van der Waals surface area contributed by atoms with E-state index < -0.39 is 10.7 Å². The lowest BCUT2D eigenvalue weighted by Crippen LogP contribution is -2.29. The van der Waals surface area contributed by atoms with E-state index in [0.29, 0.717) is 18.0 Å². The monoisotopic (exact) mass is 469 g/mol. The van der Waals surface area contributed by atoms with E-state index >= 15 is 0 Å². The Morgan fingerprint density at radius 1 is 0.794 bits per heavy atom. The highest BCUT2D eigenvalue weighted by Crippen LogP contribution is 2.48. The number of carboxylic acid groups (broad SMARTS) is 1. The Hall–Kier alpha value is -3.54. The van der Waals surface area contributed by atoms with E-state index in [1.54, 1.807) is 31.0 Å². The number of benzene rings is 4. The lowest BCUT2D eigenvalue weighted by atomic mass is 9.84. The molecule has 0 aliphatic carbocycles. The SMILES string of the molecule is COc1ccc(C(SCNCc2ccccc2C(=O)O)(c2ccccc2)c2ccccc2)cc1. The van der Waals surface area contributed by atoms with Crippen molar-refractivity contribution < 1.29 is 14.6 Å². The molecule has 0 fully saturated rings. The largest absolute Gasteiger partial charge is 0.497 e. The molecule has 4 rings (SSSR count). The summed E-state index contributed by atoms with van der Waals surface area (Å²) < 4.78 is 4.94. The Kier molecular flexibility index (Phi) is 7.68. The maximum Gasteiger partial charge on any atom is 0.336 e. The summed E-state index contributed by atoms with van der Waals surface area (Å²) in [4.78, 5) is 11.6. The summed E-state index contributed by atoms with van der Waals surface area (Å²) in [5, 5.41) is 13.0. The van der Waals surface area contributed by atoms with Gasteiger partial charge in [0.2, 0.25) is 0 Å². The zero-order chi connectivity index (χ0) is 23.8. The second-order valence-corrected chi connectivity index (χ2v) is 9.01. The molecule has 172 valence electrons. The van der Waals surface area contributed by atoms with Crippen LogP contribution in [-0.4, -0.2) is 24.1 Å². The van der Waals surface area contributed by atoms with Gasteiger partial charge in [0.25, 0.3) is 0 Å². The maximum absolute atomic E-state index is 11.6. The Morgan fingerprint density at radius 3 is 1.88 bits per heavy atom. The average Bonchev–Trinajstić information content (AvgIpc) is 2.90. The van der Waals surface area contributed by atoms with Crippen LogP contribution in [0.1, 0.15) is 32.6 Å². The Labute approximate surface area is 204 Å². The number of rotatable bonds is 10. The third-order valence-electron chi connectivity index (χ3n) is 5.81. The van der Waals surface area contributed by atoms with Crippen LogP contribution in [0.15, 0.2) is 109 Å². The lowest BCUT2D eigenvalue weighted by molar-refractivity contribution is 0.0695. The predicted molar refractivity (Wildman–Crippen MR) is 138 cm³/mol. The predicted octanol–water partition coefficient (Wildman–Crippen LogP) is 6.17. The molecular weight excluding hydrogens is 442 g/mol. The van der Waals surface area contributed by atoms with E-state index in [1.807, 2.05) is 36.4 Å². The number of thioether (sulfide) groups is 1. The van der Waals surface area contributed by atoms with E-state index in [1.165, 1.54) is 11.1 Å². The molecular formula is C29H27NO3S. The minimum atomic E-state index is -0.911. The van der Waals surface area contributed by atoms with Gasteiger partial charge in [-0.3, -0.25) is 0 Å². The molecule has 0 bridgehead atoms. The van der Waals surface area contributed by atoms with E-state index in [0.717, 1.165) is 16.9 Å². The highest BCUT2D eigenvalue weighted by molar-refractivity contribution is 8.00. The number of aromatic carboxylic acids is 1. The van der Waals surface area contributed by atoms with Crippen molar-refractivity contribution in [2.75, 3.05) is 13.0 Å². The molecule has 0 atom stereocenters. The zero-order valence-corrected chi connectivity index (χ0v) is 19.8. The van der Waals surface area contributed by atoms with Crippen LogP contribution in [0.5, 0.6) is 5.75 Å². The van der Waals surface area contributed by atoms with Gasteiger partial charge in [0, 0.05) is 12.4 Å². The first-order valence-electron chi connectivity index (χ1n) is 11.1. The molecule has 0 aromatic heterocycles. The lowest BCUT2D eigenvalue weighted by Gasteiger charge is -2.35. The van der Waals surface area contributed by atoms with E-state index in [2.05, 4.69) is 66.0 Å². The maximum atomic E-state index is 11.6. The standard InChI is InChI=1S/C29H27NO3S/c1-33-26-18-16-25(17-19-26)29(23-11-4-2-5-12-23,24-13-6-3-7-14-24)34-21-30-20-22-10-8-9-15-27(22)28(31)32/h2-19,30H,20-21H2,1H3,(H,31,32). The molecule has 0 unspecified atom stereocenters. The fraction of sp³-hybridized carbons (Fsp3) is 0.138. The summed E-state index contributed by atoms with van der Waals surface area (Å²) in [6, 6.07) is 36.3. The van der Waals surface area contributed by atoms with Crippen molar-refractivity contribution in [2.45, 2.75) is 11.3 Å². The van der Waals surface area contributed by atoms with Crippen LogP contribution in [0.4, 0.5) is 0 Å². The molecule has 4 nitrogen and oxygen atoms in total. The number of nitrogens with one attached hydrogen (secondary N) is 1. The summed E-state index contributed by atoms with van der Waals surface area (Å²) in [6.45, 7) is 0.470. The molecule has 0 spiro atoms. The molecule has 0 saturated heterocycles. The van der Waals surface area contributed by atoms with Gasteiger partial charge in [0.1, 0.15) is 5.75 Å². The van der Waals surface area contributed by atoms with E-state index in [4.69, 9.17) is 4.74 Å². The molecule has 5 heteroatoms. The van der Waals surface area contributed by atoms with Crippen LogP contribution in [0.3, 0.4) is 0 Å². The minimum absolute atomic E-state index is 0.326. The molecule has 0 saturated carbocycles. The van der Waals surface area contributed by atoms with Gasteiger partial charge in [-0.15, -0.1) is 11.8 Å². The second-order valence-electron chi connectivity index (χ2n) is 7.82. The Balaban J connectivity index is 1.69. The molecule has 0 heterocycles. The van der Waals surface area contributed by atoms with Gasteiger partial charge in [-0.05, 0) is 40.5 Å². The Morgan fingerprint density at radius 2 is 1.32 bits per heavy atom. The van der Waals surface area contributed by atoms with Crippen molar-refractivity contribution in [3.63, 3.8) is 0 Å². The van der Waals surface area contributed by atoms with Gasteiger partial charge in [-0.25, -0.2) is 4.79 Å². The summed E-state index contributed by atoms with van der Waals surface area (Å²) in [7, 11) is 1.67. The van der Waals surface area contributed by atoms with Crippen LogP contribution < -0.4 is 10.1 Å². The van der Waals surface area contributed by atoms with Gasteiger partial charge in [-0.1, -0.05) is 91.0 Å². The first kappa shape index (κ1) is 23.6. The Bertz CT molecular complexity index is 1170. The number of hydrogen-bond acceptors (Lipinski definition) is 4. The van der Waals surface area contributed by atoms with Crippen LogP contribution in [0.2, 0.25) is 0 Å². The number of hydrogen-bond donors (Lipinski definition) is 2. The summed E-state index contributed by atoms with van der Waals surface area (Å²) in [5.74, 6) is 0.516. The van der Waals surface area contributed by atoms with Crippen molar-refractivity contribution in [3.05, 3.63) is 137 Å². The quantitative estimate of drug-likeness (QED) is 0.165. The van der Waals surface area contributed by atoms with Crippen molar-refractivity contribution >= 4 is 17.7 Å². The minimum Gasteiger partial charge on any atom is -0.497 e. The smallest absolute Gasteiger partial charge is 0.336 e. The number of methoxy groups -OCH3 is 1. The number of ether oxygens (including phenoxy) is 1. The van der Waals surface area contributed by atoms with Gasteiger partial charge >= 0.3 is 5.97 Å². The van der Waals surface area contributed by atoms with Crippen molar-refractivity contribution in [1.29, 1.82) is 0 Å². The molecule has 0 aliphatic rings. The van der Waals surface area contributed by atoms with Crippen molar-refractivity contribution in [2.24, 2.45) is 0 Å². The molecule has 0 amide bonds. The fourth-order valence-corrected chi connectivity index (χ4v) is 5.48. The van der Waals surface area contributed by atoms with Crippen LogP contribution >= 0.6 is 11.8 Å². The molecule has 2 N–H and O–H groups in total. The van der Waals surface area contributed by atoms with E-state index in [9.17, 15) is 9.90 Å². The highest BCUT2D eigenvalue weighted by atomic mass is 32.2. The molecule has 0 aliphatic heterocycles. The fourth-order valence-electron chi connectivity index (χ4n) is 4.15. The van der Waals surface area contributed by atoms with Gasteiger partial charge in [0.15, 0.2) is 0 Å². The van der Waals surface area contributed by atoms with Crippen molar-refractivity contribution in [1.82, 2.24) is 5.32 Å². The highest BCUT2D eigenvalue weighted by Gasteiger charge is 2.36. The average molecular weight is 470 g/mol. The van der Waals surface area contributed by atoms with Crippen molar-refractivity contribution in [3.8, 4) is 5.75 Å². The molecule has 0 radical (unpaired) electrons. The van der Waals surface area contributed by atoms with Gasteiger partial charge < -0.3 is 15.2 Å². The normalized spacial score (nSPS) is 11.2. The summed E-state index contributed by atoms with van der Waals surface area (Å²) >= 11 is 1.78. The third-order valence-corrected chi connectivity index (χ3v) is 7.30.